The fourth-order valence-electron chi connectivity index (χ4n) is 2.23. The zero-order valence-electron chi connectivity index (χ0n) is 11.0. The van der Waals surface area contributed by atoms with Crippen molar-refractivity contribution in [3.63, 3.8) is 0 Å². The third-order valence-electron chi connectivity index (χ3n) is 3.27. The first-order chi connectivity index (χ1) is 9.16. The van der Waals surface area contributed by atoms with Gasteiger partial charge in [-0.15, -0.1) is 0 Å². The van der Waals surface area contributed by atoms with Gasteiger partial charge in [-0.05, 0) is 31.0 Å². The molecule has 1 aliphatic heterocycles. The van der Waals surface area contributed by atoms with E-state index >= 15 is 0 Å². The molecule has 1 aromatic carbocycles. The van der Waals surface area contributed by atoms with Crippen molar-refractivity contribution < 1.29 is 16.8 Å². The molecule has 0 spiro atoms. The number of hydrogen-bond acceptors (Lipinski definition) is 4. The Morgan fingerprint density at radius 2 is 1.90 bits per heavy atom. The average molecular weight is 382 g/mol. The lowest BCUT2D eigenvalue weighted by Crippen LogP contribution is -2.46. The quantitative estimate of drug-likeness (QED) is 0.800. The minimum atomic E-state index is -3.71. The molecular formula is C12H16BrNO4S2. The van der Waals surface area contributed by atoms with Gasteiger partial charge in [-0.3, -0.25) is 0 Å². The van der Waals surface area contributed by atoms with Crippen LogP contribution in [-0.2, 0) is 25.2 Å². The highest BCUT2D eigenvalue weighted by Gasteiger charge is 2.41. The monoisotopic (exact) mass is 381 g/mol. The first-order valence-electron chi connectivity index (χ1n) is 6.05. The Morgan fingerprint density at radius 3 is 2.35 bits per heavy atom. The molecule has 1 aromatic rings. The fourth-order valence-corrected chi connectivity index (χ4v) is 6.23. The van der Waals surface area contributed by atoms with Crippen LogP contribution in [0.15, 0.2) is 29.2 Å². The Morgan fingerprint density at radius 1 is 1.30 bits per heavy atom. The fraction of sp³-hybridized carbons (Fsp3) is 0.500. The highest BCUT2D eigenvalue weighted by Crippen LogP contribution is 2.25. The Hall–Kier alpha value is -0.440. The summed E-state index contributed by atoms with van der Waals surface area (Å²) in [6, 6.07) is 6.48. The van der Waals surface area contributed by atoms with Crippen molar-refractivity contribution in [1.29, 1.82) is 0 Å². The van der Waals surface area contributed by atoms with Crippen molar-refractivity contribution in [3.05, 3.63) is 29.8 Å². The second-order valence-corrected chi connectivity index (χ2v) is 9.71. The van der Waals surface area contributed by atoms with E-state index in [0.29, 0.717) is 11.8 Å². The van der Waals surface area contributed by atoms with E-state index < -0.39 is 25.4 Å². The van der Waals surface area contributed by atoms with Gasteiger partial charge < -0.3 is 0 Å². The van der Waals surface area contributed by atoms with Crippen molar-refractivity contribution in [2.24, 2.45) is 0 Å². The molecule has 0 radical (unpaired) electrons. The summed E-state index contributed by atoms with van der Waals surface area (Å²) in [5.41, 5.74) is 0.0461. The van der Waals surface area contributed by atoms with Crippen LogP contribution in [-0.4, -0.2) is 33.9 Å². The third kappa shape index (κ3) is 3.60. The minimum Gasteiger partial charge on any atom is -0.229 e. The van der Waals surface area contributed by atoms with Gasteiger partial charge in [0.2, 0.25) is 10.0 Å². The summed E-state index contributed by atoms with van der Waals surface area (Å²) in [6.07, 6.45) is 0.300. The maximum atomic E-state index is 12.3. The molecule has 1 fully saturated rings. The lowest BCUT2D eigenvalue weighted by atomic mass is 10.0. The summed E-state index contributed by atoms with van der Waals surface area (Å²) >= 11 is 3.29. The highest BCUT2D eigenvalue weighted by molar-refractivity contribution is 9.08. The van der Waals surface area contributed by atoms with E-state index in [-0.39, 0.29) is 16.4 Å². The van der Waals surface area contributed by atoms with Crippen molar-refractivity contribution in [1.82, 2.24) is 4.72 Å². The Labute approximate surface area is 127 Å². The second kappa shape index (κ2) is 5.40. The van der Waals surface area contributed by atoms with Gasteiger partial charge in [0, 0.05) is 10.9 Å². The van der Waals surface area contributed by atoms with Crippen LogP contribution in [0.4, 0.5) is 0 Å². The summed E-state index contributed by atoms with van der Waals surface area (Å²) in [5.74, 6) is -0.132. The lowest BCUT2D eigenvalue weighted by molar-refractivity contribution is 0.462. The normalized spacial score (nSPS) is 25.7. The van der Waals surface area contributed by atoms with Crippen LogP contribution >= 0.6 is 15.9 Å². The molecule has 20 heavy (non-hydrogen) atoms. The highest BCUT2D eigenvalue weighted by atomic mass is 79.9. The van der Waals surface area contributed by atoms with Crippen LogP contribution in [0.25, 0.3) is 0 Å². The number of sulfonamides is 1. The van der Waals surface area contributed by atoms with E-state index in [4.69, 9.17) is 0 Å². The molecule has 0 saturated carbocycles. The van der Waals surface area contributed by atoms with E-state index in [0.717, 1.165) is 5.56 Å². The number of benzene rings is 1. The molecule has 2 rings (SSSR count). The number of halogens is 1. The number of nitrogens with one attached hydrogen (secondary N) is 1. The topological polar surface area (TPSA) is 80.3 Å². The molecule has 1 unspecified atom stereocenters. The van der Waals surface area contributed by atoms with Gasteiger partial charge >= 0.3 is 0 Å². The largest absolute Gasteiger partial charge is 0.241 e. The van der Waals surface area contributed by atoms with Crippen LogP contribution in [0.3, 0.4) is 0 Å². The van der Waals surface area contributed by atoms with E-state index in [9.17, 15) is 16.8 Å². The maximum absolute atomic E-state index is 12.3. The maximum Gasteiger partial charge on any atom is 0.241 e. The van der Waals surface area contributed by atoms with Crippen LogP contribution in [0.5, 0.6) is 0 Å². The predicted octanol–water partition coefficient (Wildman–Crippen LogP) is 1.44. The standard InChI is InChI=1S/C12H16BrNO4S2/c1-12(6-7-19(15,16)9-12)14-20(17,18)11-4-2-10(8-13)3-5-11/h2-5,14H,6-9H2,1H3. The molecule has 1 heterocycles. The molecule has 1 saturated heterocycles. The molecule has 5 nitrogen and oxygen atoms in total. The summed E-state index contributed by atoms with van der Waals surface area (Å²) in [7, 11) is -6.86. The molecule has 0 amide bonds. The Balaban J connectivity index is 2.23. The molecule has 0 aliphatic carbocycles. The van der Waals surface area contributed by atoms with Gasteiger partial charge in [0.05, 0.1) is 16.4 Å². The number of rotatable bonds is 4. The molecule has 8 heteroatoms. The van der Waals surface area contributed by atoms with E-state index in [2.05, 4.69) is 20.7 Å². The summed E-state index contributed by atoms with van der Waals surface area (Å²) in [5, 5.41) is 0.650. The zero-order valence-corrected chi connectivity index (χ0v) is 14.2. The summed E-state index contributed by atoms with van der Waals surface area (Å²) < 4.78 is 50.1. The second-order valence-electron chi connectivity index (χ2n) is 5.29. The van der Waals surface area contributed by atoms with Crippen LogP contribution < -0.4 is 4.72 Å². The van der Waals surface area contributed by atoms with Crippen molar-refractivity contribution in [2.75, 3.05) is 11.5 Å². The van der Waals surface area contributed by atoms with E-state index in [1.54, 1.807) is 19.1 Å². The summed E-state index contributed by atoms with van der Waals surface area (Å²) in [4.78, 5) is 0.146. The molecule has 1 aliphatic rings. The summed E-state index contributed by atoms with van der Waals surface area (Å²) in [6.45, 7) is 1.63. The van der Waals surface area contributed by atoms with Gasteiger partial charge in [0.1, 0.15) is 0 Å². The number of sulfone groups is 1. The molecule has 112 valence electrons. The average Bonchev–Trinajstić information content (AvgIpc) is 2.62. The molecule has 0 bridgehead atoms. The van der Waals surface area contributed by atoms with E-state index in [1.165, 1.54) is 12.1 Å². The zero-order chi connectivity index (χ0) is 15.0. The van der Waals surface area contributed by atoms with Gasteiger partial charge in [0.25, 0.3) is 0 Å². The van der Waals surface area contributed by atoms with Crippen LogP contribution in [0, 0.1) is 0 Å². The SMILES string of the molecule is CC1(NS(=O)(=O)c2ccc(CBr)cc2)CCS(=O)(=O)C1. The van der Waals surface area contributed by atoms with Crippen molar-refractivity contribution >= 4 is 35.8 Å². The predicted molar refractivity (Wildman–Crippen MR) is 81.1 cm³/mol. The van der Waals surface area contributed by atoms with Gasteiger partial charge in [0.15, 0.2) is 9.84 Å². The Kier molecular flexibility index (Phi) is 4.30. The van der Waals surface area contributed by atoms with Crippen LogP contribution in [0.2, 0.25) is 0 Å². The minimum absolute atomic E-state index is 0.0224. The van der Waals surface area contributed by atoms with Crippen LogP contribution in [0.1, 0.15) is 18.9 Å². The van der Waals surface area contributed by atoms with Crippen molar-refractivity contribution in [2.45, 2.75) is 29.1 Å². The van der Waals surface area contributed by atoms with E-state index in [1.807, 2.05) is 0 Å². The van der Waals surface area contributed by atoms with Crippen molar-refractivity contribution in [3.8, 4) is 0 Å². The Bertz CT molecular complexity index is 697. The van der Waals surface area contributed by atoms with Gasteiger partial charge in [-0.25, -0.2) is 21.6 Å². The third-order valence-corrected chi connectivity index (χ3v) is 7.48. The molecule has 1 atom stereocenters. The smallest absolute Gasteiger partial charge is 0.229 e. The van der Waals surface area contributed by atoms with Gasteiger partial charge in [-0.2, -0.15) is 0 Å². The molecule has 1 N–H and O–H groups in total. The molecular weight excluding hydrogens is 366 g/mol. The number of alkyl halides is 1. The first kappa shape index (κ1) is 15.9. The number of hydrogen-bond donors (Lipinski definition) is 1. The first-order valence-corrected chi connectivity index (χ1v) is 10.5. The lowest BCUT2D eigenvalue weighted by Gasteiger charge is -2.23. The van der Waals surface area contributed by atoms with Gasteiger partial charge in [-0.1, -0.05) is 28.1 Å². The molecule has 0 aromatic heterocycles.